The largest absolute Gasteiger partial charge is 0.480 e. The number of benzene rings is 2. The summed E-state index contributed by atoms with van der Waals surface area (Å²) in [5, 5.41) is 13.6. The Morgan fingerprint density at radius 2 is 1.71 bits per heavy atom. The van der Waals surface area contributed by atoms with Crippen LogP contribution in [-0.2, 0) is 11.2 Å². The Hall–Kier alpha value is -3.41. The van der Waals surface area contributed by atoms with Gasteiger partial charge in [-0.3, -0.25) is 4.79 Å². The number of hydrogen-bond donors (Lipinski definition) is 1. The number of rotatable bonds is 6. The van der Waals surface area contributed by atoms with Gasteiger partial charge in [-0.1, -0.05) is 46.6 Å². The highest BCUT2D eigenvalue weighted by atomic mass is 16.5. The van der Waals surface area contributed by atoms with E-state index >= 15 is 0 Å². The normalized spacial score (nSPS) is 11.8. The van der Waals surface area contributed by atoms with Gasteiger partial charge in [0, 0.05) is 30.7 Å². The molecule has 3 aromatic rings. The zero-order valence-electron chi connectivity index (χ0n) is 16.0. The fraction of sp³-hybridized carbons (Fsp3) is 0.227. The molecule has 0 aliphatic heterocycles. The van der Waals surface area contributed by atoms with E-state index in [-0.39, 0.29) is 12.3 Å². The molecule has 0 aliphatic rings. The Kier molecular flexibility index (Phi) is 5.59. The molecule has 144 valence electrons. The lowest BCUT2D eigenvalue weighted by Gasteiger charge is -2.25. The average molecular weight is 378 g/mol. The highest BCUT2D eigenvalue weighted by Gasteiger charge is 2.27. The molecule has 6 heteroatoms. The van der Waals surface area contributed by atoms with Crippen molar-refractivity contribution in [3.8, 4) is 11.3 Å². The van der Waals surface area contributed by atoms with Gasteiger partial charge in [0.25, 0.3) is 5.91 Å². The monoisotopic (exact) mass is 378 g/mol. The summed E-state index contributed by atoms with van der Waals surface area (Å²) in [7, 11) is 1.53. The average Bonchev–Trinajstić information content (AvgIpc) is 3.19. The zero-order chi connectivity index (χ0) is 20.3. The number of likely N-dealkylation sites (N-methyl/N-ethyl adjacent to an activating group) is 1. The molecule has 0 unspecified atom stereocenters. The van der Waals surface area contributed by atoms with Crippen LogP contribution >= 0.6 is 0 Å². The first kappa shape index (κ1) is 19.4. The molecular weight excluding hydrogens is 356 g/mol. The van der Waals surface area contributed by atoms with E-state index in [1.807, 2.05) is 44.2 Å². The fourth-order valence-corrected chi connectivity index (χ4v) is 3.23. The van der Waals surface area contributed by atoms with Crippen molar-refractivity contribution >= 4 is 11.9 Å². The SMILES string of the molecule is Cc1cc(C)cc(C(=O)N(C)[C@@H](Cc2ccc(-c3ccon3)cc2)C(=O)O)c1. The van der Waals surface area contributed by atoms with Crippen LogP contribution in [0.15, 0.2) is 59.3 Å². The van der Waals surface area contributed by atoms with Crippen LogP contribution in [0.25, 0.3) is 11.3 Å². The van der Waals surface area contributed by atoms with Crippen molar-refractivity contribution in [3.05, 3.63) is 77.0 Å². The molecule has 28 heavy (non-hydrogen) atoms. The Labute approximate surface area is 163 Å². The molecule has 0 spiro atoms. The second-order valence-electron chi connectivity index (χ2n) is 6.93. The molecule has 1 N–H and O–H groups in total. The van der Waals surface area contributed by atoms with Crippen molar-refractivity contribution < 1.29 is 19.2 Å². The van der Waals surface area contributed by atoms with Crippen molar-refractivity contribution in [1.29, 1.82) is 0 Å². The first-order valence-electron chi connectivity index (χ1n) is 8.93. The van der Waals surface area contributed by atoms with Gasteiger partial charge in [0.15, 0.2) is 0 Å². The molecule has 1 amide bonds. The highest BCUT2D eigenvalue weighted by molar-refractivity contribution is 5.96. The van der Waals surface area contributed by atoms with Crippen LogP contribution in [0.2, 0.25) is 0 Å². The Morgan fingerprint density at radius 1 is 1.07 bits per heavy atom. The lowest BCUT2D eigenvalue weighted by atomic mass is 10.0. The van der Waals surface area contributed by atoms with Crippen LogP contribution in [0.3, 0.4) is 0 Å². The van der Waals surface area contributed by atoms with Gasteiger partial charge in [-0.25, -0.2) is 4.79 Å². The predicted octanol–water partition coefficient (Wildman–Crippen LogP) is 3.73. The summed E-state index contributed by atoms with van der Waals surface area (Å²) in [4.78, 5) is 26.0. The zero-order valence-corrected chi connectivity index (χ0v) is 16.0. The third-order valence-corrected chi connectivity index (χ3v) is 4.66. The molecule has 0 saturated carbocycles. The van der Waals surface area contributed by atoms with Crippen molar-refractivity contribution in [2.75, 3.05) is 7.05 Å². The first-order chi connectivity index (χ1) is 13.3. The van der Waals surface area contributed by atoms with E-state index in [1.54, 1.807) is 18.2 Å². The summed E-state index contributed by atoms with van der Waals surface area (Å²) in [5.74, 6) is -1.35. The molecule has 0 saturated heterocycles. The van der Waals surface area contributed by atoms with Gasteiger partial charge in [-0.15, -0.1) is 0 Å². The van der Waals surface area contributed by atoms with Crippen LogP contribution in [0.4, 0.5) is 0 Å². The van der Waals surface area contributed by atoms with Crippen LogP contribution in [0.5, 0.6) is 0 Å². The van der Waals surface area contributed by atoms with E-state index in [0.29, 0.717) is 11.3 Å². The molecule has 1 aromatic heterocycles. The molecule has 2 aromatic carbocycles. The van der Waals surface area contributed by atoms with E-state index in [2.05, 4.69) is 5.16 Å². The van der Waals surface area contributed by atoms with Crippen molar-refractivity contribution in [2.24, 2.45) is 0 Å². The summed E-state index contributed by atoms with van der Waals surface area (Å²) < 4.78 is 4.84. The lowest BCUT2D eigenvalue weighted by molar-refractivity contribution is -0.141. The van der Waals surface area contributed by atoms with E-state index in [4.69, 9.17) is 4.52 Å². The minimum Gasteiger partial charge on any atom is -0.480 e. The molecule has 0 radical (unpaired) electrons. The highest BCUT2D eigenvalue weighted by Crippen LogP contribution is 2.20. The van der Waals surface area contributed by atoms with E-state index < -0.39 is 12.0 Å². The van der Waals surface area contributed by atoms with Crippen LogP contribution in [0, 0.1) is 13.8 Å². The third-order valence-electron chi connectivity index (χ3n) is 4.66. The Balaban J connectivity index is 1.79. The standard InChI is InChI=1S/C22H22N2O4/c1-14-10-15(2)12-18(11-14)21(25)24(3)20(22(26)27)13-16-4-6-17(7-5-16)19-8-9-28-23-19/h4-12,20H,13H2,1-3H3,(H,26,27)/t20-/m0/s1. The molecule has 6 nitrogen and oxygen atoms in total. The molecular formula is C22H22N2O4. The molecule has 0 aliphatic carbocycles. The summed E-state index contributed by atoms with van der Waals surface area (Å²) in [6, 6.07) is 13.7. The third kappa shape index (κ3) is 4.28. The maximum Gasteiger partial charge on any atom is 0.326 e. The number of carbonyl (C=O) groups excluding carboxylic acids is 1. The summed E-state index contributed by atoms with van der Waals surface area (Å²) >= 11 is 0. The number of carboxylic acid groups (broad SMARTS) is 1. The molecule has 1 atom stereocenters. The van der Waals surface area contributed by atoms with Gasteiger partial charge in [-0.05, 0) is 31.5 Å². The van der Waals surface area contributed by atoms with Gasteiger partial charge in [-0.2, -0.15) is 0 Å². The number of aliphatic carboxylic acids is 1. The van der Waals surface area contributed by atoms with E-state index in [1.165, 1.54) is 18.2 Å². The topological polar surface area (TPSA) is 83.6 Å². The smallest absolute Gasteiger partial charge is 0.326 e. The van der Waals surface area contributed by atoms with Gasteiger partial charge in [0.05, 0.1) is 0 Å². The van der Waals surface area contributed by atoms with Crippen LogP contribution < -0.4 is 0 Å². The number of carboxylic acids is 1. The van der Waals surface area contributed by atoms with Crippen LogP contribution in [0.1, 0.15) is 27.0 Å². The predicted molar refractivity (Wildman–Crippen MR) is 105 cm³/mol. The van der Waals surface area contributed by atoms with Crippen molar-refractivity contribution in [2.45, 2.75) is 26.3 Å². The minimum absolute atomic E-state index is 0.210. The van der Waals surface area contributed by atoms with Gasteiger partial charge >= 0.3 is 5.97 Å². The Morgan fingerprint density at radius 3 is 2.25 bits per heavy atom. The second-order valence-corrected chi connectivity index (χ2v) is 6.93. The molecule has 1 heterocycles. The van der Waals surface area contributed by atoms with Crippen LogP contribution in [-0.4, -0.2) is 40.1 Å². The quantitative estimate of drug-likeness (QED) is 0.707. The van der Waals surface area contributed by atoms with Gasteiger partial charge in [0.1, 0.15) is 18.0 Å². The summed E-state index contributed by atoms with van der Waals surface area (Å²) in [6.45, 7) is 3.82. The van der Waals surface area contributed by atoms with E-state index in [0.717, 1.165) is 22.3 Å². The fourth-order valence-electron chi connectivity index (χ4n) is 3.23. The summed E-state index contributed by atoms with van der Waals surface area (Å²) in [6.07, 6.45) is 1.71. The van der Waals surface area contributed by atoms with E-state index in [9.17, 15) is 14.7 Å². The maximum atomic E-state index is 12.8. The van der Waals surface area contributed by atoms with Gasteiger partial charge < -0.3 is 14.5 Å². The number of carbonyl (C=O) groups is 2. The van der Waals surface area contributed by atoms with Crippen molar-refractivity contribution in [1.82, 2.24) is 10.1 Å². The summed E-state index contributed by atoms with van der Waals surface area (Å²) in [5.41, 5.74) is 4.83. The Bertz CT molecular complexity index is 958. The number of amides is 1. The molecule has 0 fully saturated rings. The number of aromatic nitrogens is 1. The number of aryl methyl sites for hydroxylation is 2. The number of hydrogen-bond acceptors (Lipinski definition) is 4. The maximum absolute atomic E-state index is 12.8. The minimum atomic E-state index is -1.04. The number of nitrogens with zero attached hydrogens (tertiary/aromatic N) is 2. The first-order valence-corrected chi connectivity index (χ1v) is 8.93. The molecule has 3 rings (SSSR count). The van der Waals surface area contributed by atoms with Gasteiger partial charge in [0.2, 0.25) is 0 Å². The molecule has 0 bridgehead atoms. The lowest BCUT2D eigenvalue weighted by Crippen LogP contribution is -2.43. The second kappa shape index (κ2) is 8.08. The van der Waals surface area contributed by atoms with Crippen molar-refractivity contribution in [3.63, 3.8) is 0 Å².